The van der Waals surface area contributed by atoms with Gasteiger partial charge in [-0.25, -0.2) is 8.42 Å². The van der Waals surface area contributed by atoms with Crippen molar-refractivity contribution in [2.45, 2.75) is 18.7 Å². The van der Waals surface area contributed by atoms with E-state index in [0.29, 0.717) is 23.9 Å². The molecule has 8 heteroatoms. The molecule has 6 nitrogen and oxygen atoms in total. The van der Waals surface area contributed by atoms with Crippen LogP contribution in [0.15, 0.2) is 47.4 Å². The Labute approximate surface area is 170 Å². The minimum atomic E-state index is -3.62. The van der Waals surface area contributed by atoms with Crippen LogP contribution >= 0.6 is 11.6 Å². The number of hydrogen-bond donors (Lipinski definition) is 0. The van der Waals surface area contributed by atoms with Crippen molar-refractivity contribution in [2.75, 3.05) is 32.8 Å². The molecule has 1 aliphatic rings. The SMILES string of the molecule is Cc1ccc(C)c(OCC(=O)N2CCN(S(=O)(=O)c3cccc(Cl)c3)CC2)c1. The predicted molar refractivity (Wildman–Crippen MR) is 108 cm³/mol. The molecule has 0 saturated carbocycles. The van der Waals surface area contributed by atoms with E-state index in [0.717, 1.165) is 11.1 Å². The van der Waals surface area contributed by atoms with Crippen LogP contribution in [0.5, 0.6) is 5.75 Å². The average Bonchev–Trinajstić information content (AvgIpc) is 2.68. The Morgan fingerprint density at radius 2 is 1.79 bits per heavy atom. The van der Waals surface area contributed by atoms with Crippen molar-refractivity contribution in [3.8, 4) is 5.75 Å². The number of amides is 1. The fourth-order valence-electron chi connectivity index (χ4n) is 3.05. The van der Waals surface area contributed by atoms with E-state index >= 15 is 0 Å². The first-order valence-electron chi connectivity index (χ1n) is 9.01. The highest BCUT2D eigenvalue weighted by atomic mass is 35.5. The number of piperazine rings is 1. The molecule has 1 saturated heterocycles. The Balaban J connectivity index is 1.57. The van der Waals surface area contributed by atoms with Crippen LogP contribution in [0.3, 0.4) is 0 Å². The number of carbonyl (C=O) groups excluding carboxylic acids is 1. The summed E-state index contributed by atoms with van der Waals surface area (Å²) in [7, 11) is -3.62. The van der Waals surface area contributed by atoms with Crippen molar-refractivity contribution < 1.29 is 17.9 Å². The summed E-state index contributed by atoms with van der Waals surface area (Å²) in [6.45, 7) is 4.97. The lowest BCUT2D eigenvalue weighted by atomic mass is 10.1. The summed E-state index contributed by atoms with van der Waals surface area (Å²) < 4.78 is 32.5. The molecule has 0 unspecified atom stereocenters. The third-order valence-electron chi connectivity index (χ3n) is 4.72. The zero-order valence-corrected chi connectivity index (χ0v) is 17.5. The second-order valence-corrected chi connectivity index (χ2v) is 9.17. The highest BCUT2D eigenvalue weighted by Crippen LogP contribution is 2.22. The van der Waals surface area contributed by atoms with Crippen LogP contribution < -0.4 is 4.74 Å². The lowest BCUT2D eigenvalue weighted by molar-refractivity contribution is -0.134. The van der Waals surface area contributed by atoms with Crippen LogP contribution in [0.1, 0.15) is 11.1 Å². The Morgan fingerprint density at radius 3 is 2.46 bits per heavy atom. The van der Waals surface area contributed by atoms with Gasteiger partial charge in [0.2, 0.25) is 10.0 Å². The van der Waals surface area contributed by atoms with E-state index in [2.05, 4.69) is 0 Å². The topological polar surface area (TPSA) is 66.9 Å². The van der Waals surface area contributed by atoms with Crippen LogP contribution in [0.25, 0.3) is 0 Å². The maximum atomic E-state index is 12.7. The van der Waals surface area contributed by atoms with Crippen LogP contribution in [0.4, 0.5) is 0 Å². The molecule has 1 amide bonds. The monoisotopic (exact) mass is 422 g/mol. The molecule has 3 rings (SSSR count). The Bertz CT molecular complexity index is 970. The Kier molecular flexibility index (Phi) is 6.27. The Morgan fingerprint density at radius 1 is 1.07 bits per heavy atom. The van der Waals surface area contributed by atoms with Crippen molar-refractivity contribution in [3.05, 3.63) is 58.6 Å². The molecule has 2 aromatic rings. The lowest BCUT2D eigenvalue weighted by Crippen LogP contribution is -2.51. The van der Waals surface area contributed by atoms with Gasteiger partial charge in [-0.2, -0.15) is 4.31 Å². The van der Waals surface area contributed by atoms with E-state index in [1.807, 2.05) is 32.0 Å². The van der Waals surface area contributed by atoms with Gasteiger partial charge in [0.1, 0.15) is 5.75 Å². The molecular formula is C20H23ClN2O4S. The molecule has 150 valence electrons. The van der Waals surface area contributed by atoms with Gasteiger partial charge in [0, 0.05) is 31.2 Å². The molecular weight excluding hydrogens is 400 g/mol. The normalized spacial score (nSPS) is 15.5. The summed E-state index contributed by atoms with van der Waals surface area (Å²) in [6, 6.07) is 12.0. The molecule has 0 atom stereocenters. The zero-order chi connectivity index (χ0) is 20.3. The van der Waals surface area contributed by atoms with Crippen molar-refractivity contribution >= 4 is 27.5 Å². The largest absolute Gasteiger partial charge is 0.483 e. The minimum Gasteiger partial charge on any atom is -0.483 e. The molecule has 1 aliphatic heterocycles. The van der Waals surface area contributed by atoms with Crippen molar-refractivity contribution in [3.63, 3.8) is 0 Å². The zero-order valence-electron chi connectivity index (χ0n) is 15.9. The van der Waals surface area contributed by atoms with Gasteiger partial charge in [-0.15, -0.1) is 0 Å². The van der Waals surface area contributed by atoms with E-state index in [4.69, 9.17) is 16.3 Å². The van der Waals surface area contributed by atoms with Crippen molar-refractivity contribution in [2.24, 2.45) is 0 Å². The summed E-state index contributed by atoms with van der Waals surface area (Å²) in [4.78, 5) is 14.3. The summed E-state index contributed by atoms with van der Waals surface area (Å²) in [5.74, 6) is 0.538. The van der Waals surface area contributed by atoms with Gasteiger partial charge in [0.15, 0.2) is 6.61 Å². The maximum Gasteiger partial charge on any atom is 0.260 e. The first kappa shape index (κ1) is 20.6. The summed E-state index contributed by atoms with van der Waals surface area (Å²) >= 11 is 5.91. The van der Waals surface area contributed by atoms with Gasteiger partial charge in [-0.05, 0) is 49.2 Å². The van der Waals surface area contributed by atoms with E-state index in [9.17, 15) is 13.2 Å². The first-order chi connectivity index (χ1) is 13.3. The summed E-state index contributed by atoms with van der Waals surface area (Å²) in [5.41, 5.74) is 2.03. The van der Waals surface area contributed by atoms with E-state index in [1.54, 1.807) is 17.0 Å². The molecule has 1 fully saturated rings. The first-order valence-corrected chi connectivity index (χ1v) is 10.8. The molecule has 1 heterocycles. The number of rotatable bonds is 5. The summed E-state index contributed by atoms with van der Waals surface area (Å²) in [5, 5.41) is 0.374. The van der Waals surface area contributed by atoms with Gasteiger partial charge in [-0.3, -0.25) is 4.79 Å². The predicted octanol–water partition coefficient (Wildman–Crippen LogP) is 2.87. The molecule has 0 bridgehead atoms. The number of hydrogen-bond acceptors (Lipinski definition) is 4. The van der Waals surface area contributed by atoms with Gasteiger partial charge in [0.05, 0.1) is 4.90 Å². The highest BCUT2D eigenvalue weighted by Gasteiger charge is 2.30. The fraction of sp³-hybridized carbons (Fsp3) is 0.350. The van der Waals surface area contributed by atoms with E-state index in [1.165, 1.54) is 16.4 Å². The number of carbonyl (C=O) groups is 1. The maximum absolute atomic E-state index is 12.7. The molecule has 0 N–H and O–H groups in total. The number of halogens is 1. The third kappa shape index (κ3) is 4.66. The van der Waals surface area contributed by atoms with E-state index < -0.39 is 10.0 Å². The van der Waals surface area contributed by atoms with Gasteiger partial charge >= 0.3 is 0 Å². The number of benzene rings is 2. The second kappa shape index (κ2) is 8.51. The number of aryl methyl sites for hydroxylation is 2. The van der Waals surface area contributed by atoms with Gasteiger partial charge < -0.3 is 9.64 Å². The molecule has 0 radical (unpaired) electrons. The van der Waals surface area contributed by atoms with Crippen LogP contribution in [-0.2, 0) is 14.8 Å². The number of ether oxygens (including phenoxy) is 1. The van der Waals surface area contributed by atoms with Crippen LogP contribution in [-0.4, -0.2) is 56.3 Å². The molecule has 28 heavy (non-hydrogen) atoms. The number of sulfonamides is 1. The van der Waals surface area contributed by atoms with Gasteiger partial charge in [-0.1, -0.05) is 29.8 Å². The quantitative estimate of drug-likeness (QED) is 0.743. The average molecular weight is 423 g/mol. The smallest absolute Gasteiger partial charge is 0.260 e. The van der Waals surface area contributed by atoms with Crippen LogP contribution in [0.2, 0.25) is 5.02 Å². The second-order valence-electron chi connectivity index (χ2n) is 6.80. The van der Waals surface area contributed by atoms with Crippen molar-refractivity contribution in [1.82, 2.24) is 9.21 Å². The van der Waals surface area contributed by atoms with Gasteiger partial charge in [0.25, 0.3) is 5.91 Å². The lowest BCUT2D eigenvalue weighted by Gasteiger charge is -2.34. The number of nitrogens with zero attached hydrogens (tertiary/aromatic N) is 2. The Hall–Kier alpha value is -2.09. The molecule has 2 aromatic carbocycles. The molecule has 0 aromatic heterocycles. The van der Waals surface area contributed by atoms with Crippen molar-refractivity contribution in [1.29, 1.82) is 0 Å². The van der Waals surface area contributed by atoms with Crippen LogP contribution in [0, 0.1) is 13.8 Å². The van der Waals surface area contributed by atoms with E-state index in [-0.39, 0.29) is 30.5 Å². The molecule has 0 spiro atoms. The fourth-order valence-corrected chi connectivity index (χ4v) is 4.77. The minimum absolute atomic E-state index is 0.0642. The standard InChI is InChI=1S/C20H23ClN2O4S/c1-15-6-7-16(2)19(12-15)27-14-20(24)22-8-10-23(11-9-22)28(25,26)18-5-3-4-17(21)13-18/h3-7,12-13H,8-11,14H2,1-2H3. The highest BCUT2D eigenvalue weighted by molar-refractivity contribution is 7.89. The summed E-state index contributed by atoms with van der Waals surface area (Å²) in [6.07, 6.45) is 0. The third-order valence-corrected chi connectivity index (χ3v) is 6.85. The molecule has 0 aliphatic carbocycles.